The third-order valence-electron chi connectivity index (χ3n) is 3.10. The molecule has 1 aromatic rings. The van der Waals surface area contributed by atoms with Crippen LogP contribution >= 0.6 is 0 Å². The van der Waals surface area contributed by atoms with Crippen LogP contribution in [0, 0.1) is 0 Å². The molecule has 1 rings (SSSR count). The number of nitrogen functional groups attached to an aromatic ring is 1. The van der Waals surface area contributed by atoms with E-state index in [2.05, 4.69) is 5.10 Å². The predicted molar refractivity (Wildman–Crippen MR) is 73.7 cm³/mol. The van der Waals surface area contributed by atoms with Crippen LogP contribution in [0.15, 0.2) is 4.90 Å². The number of aromatic nitrogens is 2. The van der Waals surface area contributed by atoms with Gasteiger partial charge in [-0.1, -0.05) is 6.92 Å². The van der Waals surface area contributed by atoms with Crippen LogP contribution in [0.25, 0.3) is 0 Å². The van der Waals surface area contributed by atoms with Crippen LogP contribution in [0.2, 0.25) is 0 Å². The average Bonchev–Trinajstić information content (AvgIpc) is 2.64. The molecule has 0 aliphatic heterocycles. The van der Waals surface area contributed by atoms with Gasteiger partial charge in [-0.15, -0.1) is 0 Å². The molecule has 1 unspecified atom stereocenters. The Morgan fingerprint density at radius 2 is 2.00 bits per heavy atom. The molecule has 104 valence electrons. The quantitative estimate of drug-likeness (QED) is 0.875. The number of hydrogen-bond donors (Lipinski definition) is 1. The molecule has 0 saturated carbocycles. The highest BCUT2D eigenvalue weighted by atomic mass is 32.2. The van der Waals surface area contributed by atoms with Crippen LogP contribution in [0.1, 0.15) is 33.2 Å². The number of sulfone groups is 1. The molecular weight excluding hydrogens is 252 g/mol. The van der Waals surface area contributed by atoms with Gasteiger partial charge in [-0.25, -0.2) is 13.1 Å². The Hall–Kier alpha value is -1.24. The van der Waals surface area contributed by atoms with Gasteiger partial charge in [-0.05, 0) is 20.3 Å². The van der Waals surface area contributed by atoms with Crippen molar-refractivity contribution in [3.8, 4) is 0 Å². The van der Waals surface area contributed by atoms with E-state index in [-0.39, 0.29) is 16.8 Å². The van der Waals surface area contributed by atoms with E-state index in [4.69, 9.17) is 5.73 Å². The zero-order valence-electron chi connectivity index (χ0n) is 11.6. The average molecular weight is 274 g/mol. The van der Waals surface area contributed by atoms with E-state index in [1.54, 1.807) is 16.6 Å². The number of nitrogens with two attached hydrogens (primary N) is 1. The summed E-state index contributed by atoms with van der Waals surface area (Å²) in [5.41, 5.74) is 5.95. The summed E-state index contributed by atoms with van der Waals surface area (Å²) in [5.74, 6) is 0.653. The minimum absolute atomic E-state index is 0.0736. The van der Waals surface area contributed by atoms with Gasteiger partial charge in [0.1, 0.15) is 5.82 Å². The van der Waals surface area contributed by atoms with E-state index >= 15 is 0 Å². The standard InChI is InChI=1S/C11H22N4O2S/c1-6-8(3)15-10(12)9(18(5,16)17)11(13-15)14(4)7-2/h8H,6-7,12H2,1-5H3. The van der Waals surface area contributed by atoms with E-state index in [0.717, 1.165) is 12.7 Å². The second-order valence-electron chi connectivity index (χ2n) is 4.53. The van der Waals surface area contributed by atoms with Gasteiger partial charge in [0.15, 0.2) is 20.6 Å². The van der Waals surface area contributed by atoms with Crippen LogP contribution in [0.4, 0.5) is 11.6 Å². The summed E-state index contributed by atoms with van der Waals surface area (Å²) in [7, 11) is -1.59. The van der Waals surface area contributed by atoms with Crippen molar-refractivity contribution in [2.75, 3.05) is 30.5 Å². The zero-order valence-corrected chi connectivity index (χ0v) is 12.5. The topological polar surface area (TPSA) is 81.2 Å². The minimum Gasteiger partial charge on any atom is -0.383 e. The van der Waals surface area contributed by atoms with E-state index in [0.29, 0.717) is 12.4 Å². The number of nitrogens with zero attached hydrogens (tertiary/aromatic N) is 3. The van der Waals surface area contributed by atoms with Crippen molar-refractivity contribution in [2.24, 2.45) is 0 Å². The molecule has 0 aromatic carbocycles. The molecule has 1 aromatic heterocycles. The predicted octanol–water partition coefficient (Wildman–Crippen LogP) is 1.30. The van der Waals surface area contributed by atoms with Gasteiger partial charge in [-0.2, -0.15) is 5.10 Å². The first-order chi connectivity index (χ1) is 8.23. The minimum atomic E-state index is -3.39. The first kappa shape index (κ1) is 14.8. The van der Waals surface area contributed by atoms with E-state index in [9.17, 15) is 8.42 Å². The largest absolute Gasteiger partial charge is 0.383 e. The third kappa shape index (κ3) is 2.60. The van der Waals surface area contributed by atoms with Gasteiger partial charge in [-0.3, -0.25) is 0 Å². The Morgan fingerprint density at radius 3 is 2.39 bits per heavy atom. The molecule has 7 heteroatoms. The molecule has 0 spiro atoms. The molecule has 0 radical (unpaired) electrons. The van der Waals surface area contributed by atoms with Crippen molar-refractivity contribution >= 4 is 21.5 Å². The molecule has 0 saturated heterocycles. The highest BCUT2D eigenvalue weighted by molar-refractivity contribution is 7.91. The van der Waals surface area contributed by atoms with Gasteiger partial charge in [0.2, 0.25) is 0 Å². The highest BCUT2D eigenvalue weighted by Gasteiger charge is 2.27. The van der Waals surface area contributed by atoms with Crippen molar-refractivity contribution < 1.29 is 8.42 Å². The van der Waals surface area contributed by atoms with Crippen molar-refractivity contribution in [1.82, 2.24) is 9.78 Å². The van der Waals surface area contributed by atoms with E-state index in [1.165, 1.54) is 0 Å². The molecule has 0 aliphatic carbocycles. The molecular formula is C11H22N4O2S. The van der Waals surface area contributed by atoms with Gasteiger partial charge in [0, 0.05) is 19.8 Å². The van der Waals surface area contributed by atoms with Crippen molar-refractivity contribution in [2.45, 2.75) is 38.1 Å². The van der Waals surface area contributed by atoms with Crippen molar-refractivity contribution in [1.29, 1.82) is 0 Å². The second kappa shape index (κ2) is 5.17. The maximum atomic E-state index is 11.9. The molecule has 0 bridgehead atoms. The van der Waals surface area contributed by atoms with Gasteiger partial charge >= 0.3 is 0 Å². The third-order valence-corrected chi connectivity index (χ3v) is 4.23. The Bertz CT molecular complexity index is 521. The van der Waals surface area contributed by atoms with Crippen LogP contribution in [0.5, 0.6) is 0 Å². The summed E-state index contributed by atoms with van der Waals surface area (Å²) in [6, 6.07) is 0.0736. The zero-order chi connectivity index (χ0) is 14.1. The molecule has 1 heterocycles. The number of rotatable bonds is 5. The molecule has 2 N–H and O–H groups in total. The maximum absolute atomic E-state index is 11.9. The number of hydrogen-bond acceptors (Lipinski definition) is 5. The first-order valence-corrected chi connectivity index (χ1v) is 7.92. The molecule has 0 aliphatic rings. The first-order valence-electron chi connectivity index (χ1n) is 6.03. The SMILES string of the molecule is CCC(C)n1nc(N(C)CC)c(S(C)(=O)=O)c1N. The Morgan fingerprint density at radius 1 is 1.44 bits per heavy atom. The number of anilines is 2. The maximum Gasteiger partial charge on any atom is 0.182 e. The van der Waals surface area contributed by atoms with Gasteiger partial charge < -0.3 is 10.6 Å². The fourth-order valence-corrected chi connectivity index (χ4v) is 2.69. The monoisotopic (exact) mass is 274 g/mol. The van der Waals surface area contributed by atoms with Crippen molar-refractivity contribution in [3.05, 3.63) is 0 Å². The normalized spacial score (nSPS) is 13.6. The lowest BCUT2D eigenvalue weighted by Gasteiger charge is -2.14. The smallest absolute Gasteiger partial charge is 0.182 e. The Balaban J connectivity index is 3.51. The summed E-state index contributed by atoms with van der Waals surface area (Å²) in [5, 5.41) is 4.36. The molecule has 0 amide bonds. The van der Waals surface area contributed by atoms with E-state index in [1.807, 2.05) is 20.8 Å². The molecule has 1 atom stereocenters. The van der Waals surface area contributed by atoms with E-state index < -0.39 is 9.84 Å². The fourth-order valence-electron chi connectivity index (χ4n) is 1.68. The van der Waals surface area contributed by atoms with Gasteiger partial charge in [0.25, 0.3) is 0 Å². The van der Waals surface area contributed by atoms with Crippen LogP contribution in [-0.2, 0) is 9.84 Å². The second-order valence-corrected chi connectivity index (χ2v) is 6.48. The lowest BCUT2D eigenvalue weighted by atomic mass is 10.3. The van der Waals surface area contributed by atoms with Crippen molar-refractivity contribution in [3.63, 3.8) is 0 Å². The highest BCUT2D eigenvalue weighted by Crippen LogP contribution is 2.31. The molecule has 6 nitrogen and oxygen atoms in total. The summed E-state index contributed by atoms with van der Waals surface area (Å²) in [4.78, 5) is 1.91. The molecule has 18 heavy (non-hydrogen) atoms. The summed E-state index contributed by atoms with van der Waals surface area (Å²) in [6.07, 6.45) is 2.00. The lowest BCUT2D eigenvalue weighted by Crippen LogP contribution is -2.19. The summed E-state index contributed by atoms with van der Waals surface area (Å²) < 4.78 is 25.3. The summed E-state index contributed by atoms with van der Waals surface area (Å²) in [6.45, 7) is 6.57. The Kier molecular flexibility index (Phi) is 4.26. The Labute approximate surface area is 109 Å². The lowest BCUT2D eigenvalue weighted by molar-refractivity contribution is 0.484. The molecule has 0 fully saturated rings. The van der Waals surface area contributed by atoms with Crippen LogP contribution < -0.4 is 10.6 Å². The van der Waals surface area contributed by atoms with Gasteiger partial charge in [0.05, 0.1) is 6.04 Å². The summed E-state index contributed by atoms with van der Waals surface area (Å²) >= 11 is 0. The van der Waals surface area contributed by atoms with Crippen LogP contribution in [0.3, 0.4) is 0 Å². The fraction of sp³-hybridized carbons (Fsp3) is 0.727. The van der Waals surface area contributed by atoms with Crippen LogP contribution in [-0.4, -0.2) is 38.0 Å².